The second-order valence-corrected chi connectivity index (χ2v) is 3.93. The van der Waals surface area contributed by atoms with Crippen LogP contribution < -0.4 is 10.1 Å². The van der Waals surface area contributed by atoms with E-state index in [1.54, 1.807) is 7.11 Å². The second-order valence-electron chi connectivity index (χ2n) is 3.93. The number of methoxy groups -OCH3 is 1. The molecule has 0 saturated heterocycles. The molecule has 0 aromatic heterocycles. The van der Waals surface area contributed by atoms with Gasteiger partial charge in [0.2, 0.25) is 0 Å². The first kappa shape index (κ1) is 13.9. The third-order valence-electron chi connectivity index (χ3n) is 2.40. The van der Waals surface area contributed by atoms with Crippen LogP contribution in [0.1, 0.15) is 19.4 Å². The molecule has 1 atom stereocenters. The Morgan fingerprint density at radius 1 is 1.35 bits per heavy atom. The predicted octanol–water partition coefficient (Wildman–Crippen LogP) is 2.35. The molecule has 17 heavy (non-hydrogen) atoms. The van der Waals surface area contributed by atoms with Crippen molar-refractivity contribution in [3.8, 4) is 5.75 Å². The highest BCUT2D eigenvalue weighted by atomic mass is 19.1. The predicted molar refractivity (Wildman–Crippen MR) is 65.7 cm³/mol. The smallest absolute Gasteiger partial charge is 0.127 e. The van der Waals surface area contributed by atoms with E-state index in [9.17, 15) is 4.39 Å². The van der Waals surface area contributed by atoms with Crippen LogP contribution in [0.4, 0.5) is 4.39 Å². The quantitative estimate of drug-likeness (QED) is 0.795. The standard InChI is InChI=1S/C13H20FNO2/c1-4-15-8-11-5-12(14)7-13(6-11)17-9-10(2)16-3/h5-7,10,15H,4,8-9H2,1-3H3. The van der Waals surface area contributed by atoms with Crippen LogP contribution in [0.5, 0.6) is 5.75 Å². The van der Waals surface area contributed by atoms with E-state index in [2.05, 4.69) is 5.32 Å². The van der Waals surface area contributed by atoms with Gasteiger partial charge in [0, 0.05) is 19.7 Å². The van der Waals surface area contributed by atoms with Crippen molar-refractivity contribution < 1.29 is 13.9 Å². The molecule has 0 spiro atoms. The fourth-order valence-corrected chi connectivity index (χ4v) is 1.36. The van der Waals surface area contributed by atoms with Crippen LogP contribution in [-0.4, -0.2) is 26.4 Å². The molecule has 1 aromatic rings. The zero-order chi connectivity index (χ0) is 12.7. The summed E-state index contributed by atoms with van der Waals surface area (Å²) >= 11 is 0. The van der Waals surface area contributed by atoms with Crippen molar-refractivity contribution in [1.29, 1.82) is 0 Å². The molecule has 0 amide bonds. The molecule has 0 saturated carbocycles. The summed E-state index contributed by atoms with van der Waals surface area (Å²) in [6.07, 6.45) is -0.00418. The van der Waals surface area contributed by atoms with Gasteiger partial charge in [-0.1, -0.05) is 6.92 Å². The molecule has 0 aliphatic heterocycles. The van der Waals surface area contributed by atoms with E-state index in [-0.39, 0.29) is 11.9 Å². The highest BCUT2D eigenvalue weighted by Gasteiger charge is 2.04. The van der Waals surface area contributed by atoms with Gasteiger partial charge in [0.05, 0.1) is 6.10 Å². The van der Waals surface area contributed by atoms with Gasteiger partial charge in [0.25, 0.3) is 0 Å². The van der Waals surface area contributed by atoms with Crippen molar-refractivity contribution in [1.82, 2.24) is 5.32 Å². The Kier molecular flexibility index (Phi) is 5.94. The largest absolute Gasteiger partial charge is 0.491 e. The van der Waals surface area contributed by atoms with Gasteiger partial charge in [-0.3, -0.25) is 0 Å². The van der Waals surface area contributed by atoms with E-state index in [0.717, 1.165) is 12.1 Å². The SMILES string of the molecule is CCNCc1cc(F)cc(OCC(C)OC)c1. The van der Waals surface area contributed by atoms with Crippen LogP contribution in [0.25, 0.3) is 0 Å². The van der Waals surface area contributed by atoms with Crippen molar-refractivity contribution in [2.75, 3.05) is 20.3 Å². The van der Waals surface area contributed by atoms with Crippen molar-refractivity contribution in [2.45, 2.75) is 26.5 Å². The molecule has 4 heteroatoms. The first-order valence-corrected chi connectivity index (χ1v) is 5.81. The Labute approximate surface area is 102 Å². The van der Waals surface area contributed by atoms with E-state index in [1.165, 1.54) is 12.1 Å². The molecule has 0 aliphatic carbocycles. The number of hydrogen-bond acceptors (Lipinski definition) is 3. The molecular formula is C13H20FNO2. The molecule has 1 rings (SSSR count). The lowest BCUT2D eigenvalue weighted by Crippen LogP contribution is -2.16. The number of ether oxygens (including phenoxy) is 2. The van der Waals surface area contributed by atoms with Gasteiger partial charge >= 0.3 is 0 Å². The Morgan fingerprint density at radius 3 is 2.76 bits per heavy atom. The van der Waals surface area contributed by atoms with Gasteiger partial charge in [0.15, 0.2) is 0 Å². The molecular weight excluding hydrogens is 221 g/mol. The van der Waals surface area contributed by atoms with Crippen molar-refractivity contribution >= 4 is 0 Å². The first-order valence-electron chi connectivity index (χ1n) is 5.81. The van der Waals surface area contributed by atoms with E-state index in [1.807, 2.05) is 19.9 Å². The van der Waals surface area contributed by atoms with Gasteiger partial charge in [-0.2, -0.15) is 0 Å². The van der Waals surface area contributed by atoms with E-state index < -0.39 is 0 Å². The van der Waals surface area contributed by atoms with Gasteiger partial charge < -0.3 is 14.8 Å². The summed E-state index contributed by atoms with van der Waals surface area (Å²) in [6.45, 7) is 5.83. The minimum atomic E-state index is -0.277. The summed E-state index contributed by atoms with van der Waals surface area (Å²) in [5.41, 5.74) is 0.881. The van der Waals surface area contributed by atoms with Crippen LogP contribution >= 0.6 is 0 Å². The zero-order valence-corrected chi connectivity index (χ0v) is 10.6. The molecule has 1 aromatic carbocycles. The highest BCUT2D eigenvalue weighted by molar-refractivity contribution is 5.29. The molecule has 1 unspecified atom stereocenters. The Bertz CT molecular complexity index is 344. The molecule has 3 nitrogen and oxygen atoms in total. The van der Waals surface area contributed by atoms with E-state index >= 15 is 0 Å². The topological polar surface area (TPSA) is 30.5 Å². The summed E-state index contributed by atoms with van der Waals surface area (Å²) in [6, 6.07) is 4.74. The number of halogens is 1. The van der Waals surface area contributed by atoms with E-state index in [0.29, 0.717) is 18.9 Å². The highest BCUT2D eigenvalue weighted by Crippen LogP contribution is 2.16. The number of hydrogen-bond donors (Lipinski definition) is 1. The summed E-state index contributed by atoms with van der Waals surface area (Å²) in [7, 11) is 1.62. The second kappa shape index (κ2) is 7.25. The Balaban J connectivity index is 2.61. The van der Waals surface area contributed by atoms with Crippen LogP contribution in [-0.2, 0) is 11.3 Å². The first-order chi connectivity index (χ1) is 8.15. The summed E-state index contributed by atoms with van der Waals surface area (Å²) < 4.78 is 23.9. The van der Waals surface area contributed by atoms with Gasteiger partial charge in [-0.05, 0) is 31.2 Å². The lowest BCUT2D eigenvalue weighted by atomic mass is 10.2. The number of benzene rings is 1. The summed E-state index contributed by atoms with van der Waals surface area (Å²) in [5, 5.41) is 3.15. The van der Waals surface area contributed by atoms with E-state index in [4.69, 9.17) is 9.47 Å². The molecule has 0 aliphatic rings. The average molecular weight is 241 g/mol. The minimum Gasteiger partial charge on any atom is -0.491 e. The third kappa shape index (κ3) is 5.15. The zero-order valence-electron chi connectivity index (χ0n) is 10.6. The maximum Gasteiger partial charge on any atom is 0.127 e. The normalized spacial score (nSPS) is 12.5. The summed E-state index contributed by atoms with van der Waals surface area (Å²) in [4.78, 5) is 0. The number of nitrogens with one attached hydrogen (secondary N) is 1. The Hall–Kier alpha value is -1.13. The third-order valence-corrected chi connectivity index (χ3v) is 2.40. The van der Waals surface area contributed by atoms with Gasteiger partial charge in [0.1, 0.15) is 18.2 Å². The molecule has 1 N–H and O–H groups in total. The molecule has 0 heterocycles. The minimum absolute atomic E-state index is 0.00418. The van der Waals surface area contributed by atoms with Crippen LogP contribution in [0, 0.1) is 5.82 Å². The average Bonchev–Trinajstić information content (AvgIpc) is 2.32. The monoisotopic (exact) mass is 241 g/mol. The Morgan fingerprint density at radius 2 is 2.12 bits per heavy atom. The molecule has 0 radical (unpaired) electrons. The molecule has 0 bridgehead atoms. The lowest BCUT2D eigenvalue weighted by Gasteiger charge is -2.12. The maximum absolute atomic E-state index is 13.3. The number of rotatable bonds is 7. The fraction of sp³-hybridized carbons (Fsp3) is 0.538. The maximum atomic E-state index is 13.3. The van der Waals surface area contributed by atoms with Crippen molar-refractivity contribution in [3.63, 3.8) is 0 Å². The van der Waals surface area contributed by atoms with Crippen LogP contribution in [0.2, 0.25) is 0 Å². The van der Waals surface area contributed by atoms with Crippen LogP contribution in [0.15, 0.2) is 18.2 Å². The van der Waals surface area contributed by atoms with Crippen molar-refractivity contribution in [2.24, 2.45) is 0 Å². The summed E-state index contributed by atoms with van der Waals surface area (Å²) in [5.74, 6) is 0.266. The van der Waals surface area contributed by atoms with Crippen molar-refractivity contribution in [3.05, 3.63) is 29.6 Å². The van der Waals surface area contributed by atoms with Crippen LogP contribution in [0.3, 0.4) is 0 Å². The molecule has 0 fully saturated rings. The molecule has 96 valence electrons. The fourth-order valence-electron chi connectivity index (χ4n) is 1.36. The lowest BCUT2D eigenvalue weighted by molar-refractivity contribution is 0.0715. The van der Waals surface area contributed by atoms with Gasteiger partial charge in [-0.15, -0.1) is 0 Å². The van der Waals surface area contributed by atoms with Gasteiger partial charge in [-0.25, -0.2) is 4.39 Å².